The average Bonchev–Trinajstić information content (AvgIpc) is 2.41. The van der Waals surface area contributed by atoms with Gasteiger partial charge in [-0.3, -0.25) is 4.98 Å². The van der Waals surface area contributed by atoms with E-state index in [-0.39, 0.29) is 5.75 Å². The summed E-state index contributed by atoms with van der Waals surface area (Å²) in [7, 11) is 0. The highest BCUT2D eigenvalue weighted by Crippen LogP contribution is 2.30. The van der Waals surface area contributed by atoms with Crippen LogP contribution in [0.1, 0.15) is 12.5 Å². The summed E-state index contributed by atoms with van der Waals surface area (Å²) in [5.41, 5.74) is 1.71. The lowest BCUT2D eigenvalue weighted by atomic mass is 10.2. The Morgan fingerprint density at radius 2 is 2.17 bits per heavy atom. The van der Waals surface area contributed by atoms with Crippen molar-refractivity contribution in [2.45, 2.75) is 13.5 Å². The summed E-state index contributed by atoms with van der Waals surface area (Å²) in [5.74, 6) is 0.707. The van der Waals surface area contributed by atoms with E-state index >= 15 is 0 Å². The fourth-order valence-corrected chi connectivity index (χ4v) is 1.65. The van der Waals surface area contributed by atoms with Crippen LogP contribution in [0.3, 0.4) is 0 Å². The molecule has 2 N–H and O–H groups in total. The van der Waals surface area contributed by atoms with E-state index < -0.39 is 0 Å². The van der Waals surface area contributed by atoms with E-state index in [2.05, 4.69) is 10.3 Å². The number of phenols is 1. The Morgan fingerprint density at radius 1 is 1.28 bits per heavy atom. The molecule has 2 aromatic rings. The van der Waals surface area contributed by atoms with Gasteiger partial charge >= 0.3 is 0 Å². The molecular formula is C14H16N2O2. The van der Waals surface area contributed by atoms with Crippen LogP contribution in [-0.2, 0) is 6.54 Å². The van der Waals surface area contributed by atoms with Crippen LogP contribution < -0.4 is 10.1 Å². The number of hydrogen-bond donors (Lipinski definition) is 2. The standard InChI is InChI=1S/C14H16N2O2/c1-2-18-13-7-3-5-11(14(13)17)9-16-12-6-4-8-15-10-12/h3-8,10,16-17H,2,9H2,1H3. The van der Waals surface area contributed by atoms with Gasteiger partial charge in [0, 0.05) is 24.5 Å². The summed E-state index contributed by atoms with van der Waals surface area (Å²) in [5, 5.41) is 13.2. The number of nitrogens with one attached hydrogen (secondary N) is 1. The lowest BCUT2D eigenvalue weighted by molar-refractivity contribution is 0.317. The van der Waals surface area contributed by atoms with Crippen LogP contribution in [0.25, 0.3) is 0 Å². The highest BCUT2D eigenvalue weighted by atomic mass is 16.5. The molecule has 2 rings (SSSR count). The van der Waals surface area contributed by atoms with Gasteiger partial charge in [0.25, 0.3) is 0 Å². The Morgan fingerprint density at radius 3 is 2.89 bits per heavy atom. The maximum Gasteiger partial charge on any atom is 0.162 e. The van der Waals surface area contributed by atoms with E-state index in [0.29, 0.717) is 18.9 Å². The van der Waals surface area contributed by atoms with E-state index in [0.717, 1.165) is 11.3 Å². The van der Waals surface area contributed by atoms with Gasteiger partial charge in [-0.2, -0.15) is 0 Å². The molecule has 0 radical (unpaired) electrons. The van der Waals surface area contributed by atoms with E-state index in [9.17, 15) is 5.11 Å². The summed E-state index contributed by atoms with van der Waals surface area (Å²) in [6.45, 7) is 2.95. The van der Waals surface area contributed by atoms with Gasteiger partial charge < -0.3 is 15.2 Å². The highest BCUT2D eigenvalue weighted by Gasteiger charge is 2.07. The van der Waals surface area contributed by atoms with Gasteiger partial charge in [0.1, 0.15) is 0 Å². The Hall–Kier alpha value is -2.23. The second-order valence-corrected chi connectivity index (χ2v) is 3.79. The Balaban J connectivity index is 2.08. The molecule has 18 heavy (non-hydrogen) atoms. The predicted molar refractivity (Wildman–Crippen MR) is 70.8 cm³/mol. The van der Waals surface area contributed by atoms with Gasteiger partial charge in [-0.15, -0.1) is 0 Å². The SMILES string of the molecule is CCOc1cccc(CNc2cccnc2)c1O. The van der Waals surface area contributed by atoms with E-state index in [1.54, 1.807) is 18.5 Å². The monoisotopic (exact) mass is 244 g/mol. The molecule has 1 aromatic heterocycles. The van der Waals surface area contributed by atoms with Crippen molar-refractivity contribution >= 4 is 5.69 Å². The smallest absolute Gasteiger partial charge is 0.162 e. The molecule has 4 nitrogen and oxygen atoms in total. The van der Waals surface area contributed by atoms with Gasteiger partial charge in [0.05, 0.1) is 12.3 Å². The van der Waals surface area contributed by atoms with Crippen LogP contribution >= 0.6 is 0 Å². The minimum Gasteiger partial charge on any atom is -0.504 e. The highest BCUT2D eigenvalue weighted by molar-refractivity contribution is 5.48. The van der Waals surface area contributed by atoms with Crippen LogP contribution in [-0.4, -0.2) is 16.7 Å². The number of pyridine rings is 1. The van der Waals surface area contributed by atoms with Crippen LogP contribution in [0.2, 0.25) is 0 Å². The number of aromatic hydroxyl groups is 1. The molecule has 0 atom stereocenters. The molecule has 94 valence electrons. The van der Waals surface area contributed by atoms with Crippen molar-refractivity contribution in [1.82, 2.24) is 4.98 Å². The lowest BCUT2D eigenvalue weighted by Gasteiger charge is -2.11. The van der Waals surface area contributed by atoms with E-state index in [4.69, 9.17) is 4.74 Å². The largest absolute Gasteiger partial charge is 0.504 e. The van der Waals surface area contributed by atoms with Gasteiger partial charge in [-0.05, 0) is 25.1 Å². The van der Waals surface area contributed by atoms with Crippen molar-refractivity contribution in [3.8, 4) is 11.5 Å². The first-order valence-electron chi connectivity index (χ1n) is 5.89. The van der Waals surface area contributed by atoms with Crippen molar-refractivity contribution in [2.24, 2.45) is 0 Å². The van der Waals surface area contributed by atoms with Gasteiger partial charge in [-0.1, -0.05) is 12.1 Å². The number of hydrogen-bond acceptors (Lipinski definition) is 4. The first-order chi connectivity index (χ1) is 8.81. The maximum absolute atomic E-state index is 10.0. The summed E-state index contributed by atoms with van der Waals surface area (Å²) in [6, 6.07) is 9.27. The zero-order chi connectivity index (χ0) is 12.8. The third-order valence-corrected chi connectivity index (χ3v) is 2.53. The third kappa shape index (κ3) is 2.91. The fourth-order valence-electron chi connectivity index (χ4n) is 1.65. The van der Waals surface area contributed by atoms with Gasteiger partial charge in [0.15, 0.2) is 11.5 Å². The van der Waals surface area contributed by atoms with Crippen molar-refractivity contribution in [2.75, 3.05) is 11.9 Å². The van der Waals surface area contributed by atoms with Crippen LogP contribution in [0, 0.1) is 0 Å². The molecule has 0 aliphatic rings. The van der Waals surface area contributed by atoms with Crippen molar-refractivity contribution in [3.63, 3.8) is 0 Å². The quantitative estimate of drug-likeness (QED) is 0.849. The molecule has 0 fully saturated rings. The number of nitrogens with zero attached hydrogens (tertiary/aromatic N) is 1. The third-order valence-electron chi connectivity index (χ3n) is 2.53. The summed E-state index contributed by atoms with van der Waals surface area (Å²) in [6.07, 6.45) is 3.46. The summed E-state index contributed by atoms with van der Waals surface area (Å²) in [4.78, 5) is 4.02. The fraction of sp³-hybridized carbons (Fsp3) is 0.214. The number of phenolic OH excluding ortho intramolecular Hbond substituents is 1. The van der Waals surface area contributed by atoms with Gasteiger partial charge in [0.2, 0.25) is 0 Å². The molecule has 0 aliphatic heterocycles. The molecule has 1 aromatic carbocycles. The molecule has 1 heterocycles. The van der Waals surface area contributed by atoms with Crippen LogP contribution in [0.4, 0.5) is 5.69 Å². The maximum atomic E-state index is 10.0. The number of aromatic nitrogens is 1. The van der Waals surface area contributed by atoms with Crippen molar-refractivity contribution in [3.05, 3.63) is 48.3 Å². The minimum atomic E-state index is 0.191. The topological polar surface area (TPSA) is 54.4 Å². The molecule has 4 heteroatoms. The predicted octanol–water partition coefficient (Wildman–Crippen LogP) is 2.80. The van der Waals surface area contributed by atoms with E-state index in [1.165, 1.54) is 0 Å². The Labute approximate surface area is 106 Å². The second-order valence-electron chi connectivity index (χ2n) is 3.79. The molecule has 0 bridgehead atoms. The summed E-state index contributed by atoms with van der Waals surface area (Å²) < 4.78 is 5.34. The zero-order valence-electron chi connectivity index (χ0n) is 10.3. The van der Waals surface area contributed by atoms with Crippen molar-refractivity contribution in [1.29, 1.82) is 0 Å². The van der Waals surface area contributed by atoms with Crippen molar-refractivity contribution < 1.29 is 9.84 Å². The van der Waals surface area contributed by atoms with E-state index in [1.807, 2.05) is 31.2 Å². The first-order valence-corrected chi connectivity index (χ1v) is 5.89. The number of anilines is 1. The molecule has 0 saturated heterocycles. The molecule has 0 aliphatic carbocycles. The summed E-state index contributed by atoms with van der Waals surface area (Å²) >= 11 is 0. The van der Waals surface area contributed by atoms with Crippen LogP contribution in [0.15, 0.2) is 42.7 Å². The molecule has 0 amide bonds. The number of benzene rings is 1. The number of ether oxygens (including phenoxy) is 1. The Bertz CT molecular complexity index is 500. The molecular weight excluding hydrogens is 228 g/mol. The minimum absolute atomic E-state index is 0.191. The first kappa shape index (κ1) is 12.2. The average molecular weight is 244 g/mol. The lowest BCUT2D eigenvalue weighted by Crippen LogP contribution is -2.01. The second kappa shape index (κ2) is 5.91. The van der Waals surface area contributed by atoms with Crippen LogP contribution in [0.5, 0.6) is 11.5 Å². The number of para-hydroxylation sites is 1. The normalized spacial score (nSPS) is 10.1. The number of rotatable bonds is 5. The zero-order valence-corrected chi connectivity index (χ0v) is 10.3. The Kier molecular flexibility index (Phi) is 4.02. The molecule has 0 saturated carbocycles. The molecule has 0 unspecified atom stereocenters. The molecule has 0 spiro atoms. The van der Waals surface area contributed by atoms with Gasteiger partial charge in [-0.25, -0.2) is 0 Å².